The van der Waals surface area contributed by atoms with Crippen molar-refractivity contribution in [1.29, 1.82) is 0 Å². The highest BCUT2D eigenvalue weighted by Crippen LogP contribution is 2.19. The van der Waals surface area contributed by atoms with E-state index in [1.54, 1.807) is 11.3 Å². The first-order chi connectivity index (χ1) is 11.4. The molecular formula is C16H19F2N3O2S. The summed E-state index contributed by atoms with van der Waals surface area (Å²) in [6, 6.07) is 5.35. The Labute approximate surface area is 143 Å². The maximum Gasteiger partial charge on any atom is 0.387 e. The van der Waals surface area contributed by atoms with Crippen molar-refractivity contribution >= 4 is 23.1 Å². The number of aromatic nitrogens is 1. The van der Waals surface area contributed by atoms with Crippen LogP contribution < -0.4 is 15.4 Å². The van der Waals surface area contributed by atoms with Crippen molar-refractivity contribution < 1.29 is 18.3 Å². The van der Waals surface area contributed by atoms with Crippen LogP contribution in [-0.2, 0) is 6.42 Å². The van der Waals surface area contributed by atoms with E-state index in [2.05, 4.69) is 34.2 Å². The van der Waals surface area contributed by atoms with Gasteiger partial charge in [0.05, 0.1) is 10.7 Å². The predicted molar refractivity (Wildman–Crippen MR) is 90.0 cm³/mol. The average molecular weight is 355 g/mol. The van der Waals surface area contributed by atoms with Crippen molar-refractivity contribution in [3.63, 3.8) is 0 Å². The summed E-state index contributed by atoms with van der Waals surface area (Å²) in [4.78, 5) is 16.3. The van der Waals surface area contributed by atoms with Crippen LogP contribution >= 0.6 is 11.3 Å². The molecule has 1 aromatic carbocycles. The molecule has 0 saturated carbocycles. The molecule has 5 nitrogen and oxygen atoms in total. The number of halogens is 2. The summed E-state index contributed by atoms with van der Waals surface area (Å²) >= 11 is 1.62. The summed E-state index contributed by atoms with van der Waals surface area (Å²) in [7, 11) is 0. The molecule has 0 unspecified atom stereocenters. The second kappa shape index (κ2) is 8.58. The van der Waals surface area contributed by atoms with Crippen LogP contribution in [0.3, 0.4) is 0 Å². The Balaban J connectivity index is 1.74. The number of rotatable bonds is 7. The smallest absolute Gasteiger partial charge is 0.387 e. The van der Waals surface area contributed by atoms with Gasteiger partial charge < -0.3 is 15.4 Å². The largest absolute Gasteiger partial charge is 0.435 e. The quantitative estimate of drug-likeness (QED) is 0.781. The van der Waals surface area contributed by atoms with Crippen molar-refractivity contribution in [2.75, 3.05) is 11.9 Å². The number of hydrogen-bond acceptors (Lipinski definition) is 4. The van der Waals surface area contributed by atoms with Gasteiger partial charge in [0.25, 0.3) is 0 Å². The summed E-state index contributed by atoms with van der Waals surface area (Å²) in [6.07, 6.45) is 0.651. The highest BCUT2D eigenvalue weighted by Gasteiger charge is 2.07. The first-order valence-corrected chi connectivity index (χ1v) is 8.36. The van der Waals surface area contributed by atoms with Gasteiger partial charge in [-0.15, -0.1) is 11.3 Å². The predicted octanol–water partition coefficient (Wildman–Crippen LogP) is 4.23. The van der Waals surface area contributed by atoms with Gasteiger partial charge in [-0.05, 0) is 24.3 Å². The number of hydrogen-bond donors (Lipinski definition) is 2. The molecule has 0 fully saturated rings. The third-order valence-electron chi connectivity index (χ3n) is 3.07. The average Bonchev–Trinajstić information content (AvgIpc) is 2.98. The highest BCUT2D eigenvalue weighted by atomic mass is 32.1. The maximum atomic E-state index is 12.0. The molecule has 0 aliphatic heterocycles. The molecule has 0 aliphatic carbocycles. The minimum absolute atomic E-state index is 0.0421. The minimum Gasteiger partial charge on any atom is -0.435 e. The molecule has 2 amide bonds. The third kappa shape index (κ3) is 5.77. The van der Waals surface area contributed by atoms with Gasteiger partial charge in [-0.1, -0.05) is 13.8 Å². The standard InChI is InChI=1S/C16H19F2N3O2S/c1-10(2)14-20-12(9-24-14)7-8-19-16(22)21-11-3-5-13(6-4-11)23-15(17)18/h3-6,9-10,15H,7-8H2,1-2H3,(H2,19,21,22). The van der Waals surface area contributed by atoms with Crippen LogP contribution in [0.15, 0.2) is 29.6 Å². The number of benzene rings is 1. The lowest BCUT2D eigenvalue weighted by Gasteiger charge is -2.08. The molecule has 130 valence electrons. The van der Waals surface area contributed by atoms with E-state index >= 15 is 0 Å². The molecule has 0 aliphatic rings. The summed E-state index contributed by atoms with van der Waals surface area (Å²) < 4.78 is 28.3. The number of alkyl halides is 2. The summed E-state index contributed by atoms with van der Waals surface area (Å²) in [5.41, 5.74) is 1.45. The van der Waals surface area contributed by atoms with Gasteiger partial charge in [0.15, 0.2) is 0 Å². The van der Waals surface area contributed by atoms with E-state index in [1.165, 1.54) is 24.3 Å². The molecule has 8 heteroatoms. The van der Waals surface area contributed by atoms with Crippen LogP contribution in [0.1, 0.15) is 30.5 Å². The van der Waals surface area contributed by atoms with Crippen molar-refractivity contribution in [1.82, 2.24) is 10.3 Å². The zero-order valence-corrected chi connectivity index (χ0v) is 14.2. The van der Waals surface area contributed by atoms with Gasteiger partial charge in [0.1, 0.15) is 5.75 Å². The Morgan fingerprint density at radius 1 is 1.29 bits per heavy atom. The van der Waals surface area contributed by atoms with Gasteiger partial charge in [0, 0.05) is 30.0 Å². The van der Waals surface area contributed by atoms with Gasteiger partial charge in [-0.2, -0.15) is 8.78 Å². The zero-order valence-electron chi connectivity index (χ0n) is 13.4. The van der Waals surface area contributed by atoms with Crippen LogP contribution in [0.25, 0.3) is 0 Å². The number of anilines is 1. The molecule has 24 heavy (non-hydrogen) atoms. The molecule has 0 radical (unpaired) electrons. The van der Waals surface area contributed by atoms with E-state index < -0.39 is 6.61 Å². The molecule has 2 rings (SSSR count). The second-order valence-electron chi connectivity index (χ2n) is 5.37. The lowest BCUT2D eigenvalue weighted by atomic mass is 10.2. The van der Waals surface area contributed by atoms with Crippen LogP contribution in [0.4, 0.5) is 19.3 Å². The van der Waals surface area contributed by atoms with Gasteiger partial charge in [-0.3, -0.25) is 0 Å². The molecule has 1 heterocycles. The fraction of sp³-hybridized carbons (Fsp3) is 0.375. The van der Waals surface area contributed by atoms with Gasteiger partial charge in [-0.25, -0.2) is 9.78 Å². The number of thiazole rings is 1. The number of ether oxygens (including phenoxy) is 1. The number of carbonyl (C=O) groups excluding carboxylic acids is 1. The van der Waals surface area contributed by atoms with Gasteiger partial charge >= 0.3 is 12.6 Å². The fourth-order valence-electron chi connectivity index (χ4n) is 1.90. The minimum atomic E-state index is -2.87. The van der Waals surface area contributed by atoms with E-state index in [9.17, 15) is 13.6 Å². The summed E-state index contributed by atoms with van der Waals surface area (Å²) in [5.74, 6) is 0.442. The molecule has 0 atom stereocenters. The van der Waals surface area contributed by atoms with Crippen LogP contribution in [0.5, 0.6) is 5.75 Å². The number of urea groups is 1. The first kappa shape index (κ1) is 18.1. The SMILES string of the molecule is CC(C)c1nc(CCNC(=O)Nc2ccc(OC(F)F)cc2)cs1. The normalized spacial score (nSPS) is 10.9. The number of amides is 2. The fourth-order valence-corrected chi connectivity index (χ4v) is 2.77. The Hall–Kier alpha value is -2.22. The van der Waals surface area contributed by atoms with Crippen molar-refractivity contribution in [2.45, 2.75) is 32.8 Å². The molecular weight excluding hydrogens is 336 g/mol. The van der Waals surface area contributed by atoms with E-state index in [-0.39, 0.29) is 11.8 Å². The molecule has 0 spiro atoms. The maximum absolute atomic E-state index is 12.0. The van der Waals surface area contributed by atoms with E-state index in [0.29, 0.717) is 24.6 Å². The number of nitrogens with zero attached hydrogens (tertiary/aromatic N) is 1. The molecule has 0 saturated heterocycles. The molecule has 2 aromatic rings. The Morgan fingerprint density at radius 3 is 2.58 bits per heavy atom. The lowest BCUT2D eigenvalue weighted by Crippen LogP contribution is -2.30. The Bertz CT molecular complexity index is 660. The van der Waals surface area contributed by atoms with Crippen molar-refractivity contribution in [3.8, 4) is 5.75 Å². The first-order valence-electron chi connectivity index (χ1n) is 7.48. The van der Waals surface area contributed by atoms with E-state index in [0.717, 1.165) is 10.7 Å². The third-order valence-corrected chi connectivity index (χ3v) is 4.26. The summed E-state index contributed by atoms with van der Waals surface area (Å²) in [6.45, 7) is 1.77. The molecule has 0 bridgehead atoms. The molecule has 2 N–H and O–H groups in total. The number of carbonyl (C=O) groups is 1. The second-order valence-corrected chi connectivity index (χ2v) is 6.26. The van der Waals surface area contributed by atoms with Crippen LogP contribution in [0.2, 0.25) is 0 Å². The zero-order chi connectivity index (χ0) is 17.5. The van der Waals surface area contributed by atoms with E-state index in [4.69, 9.17) is 0 Å². The van der Waals surface area contributed by atoms with Crippen molar-refractivity contribution in [2.24, 2.45) is 0 Å². The van der Waals surface area contributed by atoms with Crippen LogP contribution in [-0.4, -0.2) is 24.2 Å². The van der Waals surface area contributed by atoms with E-state index in [1.807, 2.05) is 5.38 Å². The lowest BCUT2D eigenvalue weighted by molar-refractivity contribution is -0.0498. The topological polar surface area (TPSA) is 63.2 Å². The number of nitrogens with one attached hydrogen (secondary N) is 2. The van der Waals surface area contributed by atoms with Gasteiger partial charge in [0.2, 0.25) is 0 Å². The summed E-state index contributed by atoms with van der Waals surface area (Å²) in [5, 5.41) is 8.43. The Kier molecular flexibility index (Phi) is 6.48. The van der Waals surface area contributed by atoms with Crippen LogP contribution in [0, 0.1) is 0 Å². The Morgan fingerprint density at radius 2 is 2.00 bits per heavy atom. The highest BCUT2D eigenvalue weighted by molar-refractivity contribution is 7.09. The monoisotopic (exact) mass is 355 g/mol. The molecule has 1 aromatic heterocycles. The van der Waals surface area contributed by atoms with Crippen molar-refractivity contribution in [3.05, 3.63) is 40.3 Å².